The molecule has 0 aliphatic rings. The van der Waals surface area contributed by atoms with E-state index in [9.17, 15) is 0 Å². The van der Waals surface area contributed by atoms with Gasteiger partial charge in [-0.05, 0) is 6.92 Å². The monoisotopic (exact) mass is 117 g/mol. The molecule has 0 fully saturated rings. The Kier molecular flexibility index (Phi) is 2.53. The molecule has 7 heavy (non-hydrogen) atoms. The molecule has 0 aliphatic carbocycles. The van der Waals surface area contributed by atoms with E-state index >= 15 is 0 Å². The minimum absolute atomic E-state index is 0.421. The van der Waals surface area contributed by atoms with E-state index in [2.05, 4.69) is 6.58 Å². The average molecular weight is 118 g/mol. The van der Waals surface area contributed by atoms with Crippen LogP contribution < -0.4 is 5.73 Å². The van der Waals surface area contributed by atoms with E-state index in [0.717, 1.165) is 0 Å². The van der Waals surface area contributed by atoms with Gasteiger partial charge in [0.2, 0.25) is 0 Å². The van der Waals surface area contributed by atoms with Gasteiger partial charge in [-0.25, -0.2) is 0 Å². The Morgan fingerprint density at radius 1 is 1.86 bits per heavy atom. The van der Waals surface area contributed by atoms with Gasteiger partial charge in [-0.15, -0.1) is 0 Å². The summed E-state index contributed by atoms with van der Waals surface area (Å²) in [6.07, 6.45) is 1.70. The number of allylic oxidation sites excluding steroid dienone is 2. The molecule has 0 aliphatic heterocycles. The van der Waals surface area contributed by atoms with E-state index in [1.165, 1.54) is 0 Å². The second-order valence-electron chi connectivity index (χ2n) is 1.16. The first-order chi connectivity index (χ1) is 3.18. The van der Waals surface area contributed by atoms with Crippen LogP contribution in [0.5, 0.6) is 0 Å². The Labute approximate surface area is 48.5 Å². The van der Waals surface area contributed by atoms with Crippen molar-refractivity contribution >= 4 is 11.6 Å². The van der Waals surface area contributed by atoms with Gasteiger partial charge in [0.1, 0.15) is 0 Å². The molecule has 0 amide bonds. The smallest absolute Gasteiger partial charge is 0.0586 e. The van der Waals surface area contributed by atoms with Gasteiger partial charge in [0.25, 0.3) is 0 Å². The maximum atomic E-state index is 5.44. The minimum atomic E-state index is 0.421. The molecule has 2 N–H and O–H groups in total. The second-order valence-corrected chi connectivity index (χ2v) is 1.57. The third-order valence-electron chi connectivity index (χ3n) is 0.560. The summed E-state index contributed by atoms with van der Waals surface area (Å²) in [5.74, 6) is 0. The van der Waals surface area contributed by atoms with Crippen molar-refractivity contribution in [3.05, 3.63) is 23.4 Å². The lowest BCUT2D eigenvalue weighted by Gasteiger charge is -1.89. The topological polar surface area (TPSA) is 26.0 Å². The first kappa shape index (κ1) is 6.57. The van der Waals surface area contributed by atoms with Crippen LogP contribution in [0, 0.1) is 0 Å². The molecule has 0 atom stereocenters. The molecule has 0 heterocycles. The molecule has 0 saturated carbocycles. The highest BCUT2D eigenvalue weighted by Crippen LogP contribution is 2.04. The van der Waals surface area contributed by atoms with Crippen LogP contribution in [0.3, 0.4) is 0 Å². The maximum Gasteiger partial charge on any atom is 0.0586 e. The highest BCUT2D eigenvalue weighted by Gasteiger charge is 1.85. The lowest BCUT2D eigenvalue weighted by Crippen LogP contribution is -1.92. The van der Waals surface area contributed by atoms with Crippen LogP contribution in [-0.2, 0) is 0 Å². The zero-order valence-corrected chi connectivity index (χ0v) is 5.00. The second kappa shape index (κ2) is 2.69. The zero-order chi connectivity index (χ0) is 5.86. The first-order valence-corrected chi connectivity index (χ1v) is 2.33. The zero-order valence-electron chi connectivity index (χ0n) is 4.24. The summed E-state index contributed by atoms with van der Waals surface area (Å²) in [5, 5.41) is 0.528. The number of hydrogen-bond donors (Lipinski definition) is 1. The molecular weight excluding hydrogens is 110 g/mol. The van der Waals surface area contributed by atoms with Crippen molar-refractivity contribution in [1.29, 1.82) is 0 Å². The molecule has 1 nitrogen and oxygen atoms in total. The molecule has 0 spiro atoms. The molecule has 0 aromatic heterocycles. The fraction of sp³-hybridized carbons (Fsp3) is 0.200. The van der Waals surface area contributed by atoms with E-state index in [0.29, 0.717) is 10.7 Å². The fourth-order valence-electron chi connectivity index (χ4n) is 0.185. The van der Waals surface area contributed by atoms with Gasteiger partial charge in [-0.3, -0.25) is 0 Å². The van der Waals surface area contributed by atoms with Crippen molar-refractivity contribution in [3.63, 3.8) is 0 Å². The summed E-state index contributed by atoms with van der Waals surface area (Å²) in [4.78, 5) is 0. The van der Waals surface area contributed by atoms with Crippen molar-refractivity contribution in [2.75, 3.05) is 0 Å². The Morgan fingerprint density at radius 2 is 2.29 bits per heavy atom. The Balaban J connectivity index is 3.82. The van der Waals surface area contributed by atoms with Gasteiger partial charge >= 0.3 is 0 Å². The third-order valence-corrected chi connectivity index (χ3v) is 1.02. The van der Waals surface area contributed by atoms with Gasteiger partial charge in [-0.2, -0.15) is 0 Å². The van der Waals surface area contributed by atoms with Crippen LogP contribution in [0.2, 0.25) is 0 Å². The van der Waals surface area contributed by atoms with Gasteiger partial charge in [0.05, 0.1) is 5.03 Å². The number of nitrogens with two attached hydrogens (primary N) is 1. The molecule has 2 heteroatoms. The SMILES string of the molecule is C=C(N)/C(Cl)=C\C. The van der Waals surface area contributed by atoms with Crippen molar-refractivity contribution in [2.45, 2.75) is 6.92 Å². The standard InChI is InChI=1S/C5H8ClN/c1-3-5(6)4(2)7/h3H,2,7H2,1H3/b5-3+. The van der Waals surface area contributed by atoms with E-state index in [4.69, 9.17) is 17.3 Å². The normalized spacial score (nSPS) is 11.4. The highest BCUT2D eigenvalue weighted by atomic mass is 35.5. The molecule has 0 unspecified atom stereocenters. The summed E-state index contributed by atoms with van der Waals surface area (Å²) in [6, 6.07) is 0. The van der Waals surface area contributed by atoms with Gasteiger partial charge in [0.15, 0.2) is 0 Å². The lowest BCUT2D eigenvalue weighted by atomic mass is 10.4. The molecule has 0 rings (SSSR count). The molecule has 0 aromatic carbocycles. The van der Waals surface area contributed by atoms with Crippen molar-refractivity contribution in [2.24, 2.45) is 5.73 Å². The predicted octanol–water partition coefficient (Wildman–Crippen LogP) is 1.60. The summed E-state index contributed by atoms with van der Waals surface area (Å²) in [6.45, 7) is 5.21. The minimum Gasteiger partial charge on any atom is -0.398 e. The van der Waals surface area contributed by atoms with Gasteiger partial charge in [-0.1, -0.05) is 24.3 Å². The summed E-state index contributed by atoms with van der Waals surface area (Å²) < 4.78 is 0. The number of rotatable bonds is 1. The molecule has 40 valence electrons. The number of hydrogen-bond acceptors (Lipinski definition) is 1. The van der Waals surface area contributed by atoms with Crippen LogP contribution in [0.25, 0.3) is 0 Å². The van der Waals surface area contributed by atoms with E-state index in [1.807, 2.05) is 0 Å². The first-order valence-electron chi connectivity index (χ1n) is 1.95. The van der Waals surface area contributed by atoms with Gasteiger partial charge in [0, 0.05) is 5.70 Å². The van der Waals surface area contributed by atoms with Crippen molar-refractivity contribution in [1.82, 2.24) is 0 Å². The van der Waals surface area contributed by atoms with Gasteiger partial charge < -0.3 is 5.73 Å². The quantitative estimate of drug-likeness (QED) is 0.519. The molecule has 0 aromatic rings. The average Bonchev–Trinajstić information content (AvgIpc) is 1.65. The highest BCUT2D eigenvalue weighted by molar-refractivity contribution is 6.31. The van der Waals surface area contributed by atoms with Crippen LogP contribution in [0.4, 0.5) is 0 Å². The fourth-order valence-corrected chi connectivity index (χ4v) is 0.185. The van der Waals surface area contributed by atoms with E-state index in [1.54, 1.807) is 13.0 Å². The Hall–Kier alpha value is -0.430. The molecule has 0 radical (unpaired) electrons. The number of halogens is 1. The maximum absolute atomic E-state index is 5.44. The van der Waals surface area contributed by atoms with Crippen molar-refractivity contribution in [3.8, 4) is 0 Å². The van der Waals surface area contributed by atoms with E-state index < -0.39 is 0 Å². The molecular formula is C5H8ClN. The largest absolute Gasteiger partial charge is 0.398 e. The summed E-state index contributed by atoms with van der Waals surface area (Å²) >= 11 is 5.44. The summed E-state index contributed by atoms with van der Waals surface area (Å²) in [5.41, 5.74) is 5.57. The summed E-state index contributed by atoms with van der Waals surface area (Å²) in [7, 11) is 0. The van der Waals surface area contributed by atoms with Crippen LogP contribution in [-0.4, -0.2) is 0 Å². The lowest BCUT2D eigenvalue weighted by molar-refractivity contribution is 1.41. The third kappa shape index (κ3) is 2.29. The molecule has 0 bridgehead atoms. The van der Waals surface area contributed by atoms with Crippen LogP contribution >= 0.6 is 11.6 Å². The Bertz CT molecular complexity index is 105. The Morgan fingerprint density at radius 3 is 2.29 bits per heavy atom. The van der Waals surface area contributed by atoms with Crippen molar-refractivity contribution < 1.29 is 0 Å². The molecule has 0 saturated heterocycles. The predicted molar refractivity (Wildman–Crippen MR) is 32.9 cm³/mol. The van der Waals surface area contributed by atoms with Crippen LogP contribution in [0.15, 0.2) is 23.4 Å². The van der Waals surface area contributed by atoms with Crippen LogP contribution in [0.1, 0.15) is 6.92 Å². The van der Waals surface area contributed by atoms with E-state index in [-0.39, 0.29) is 0 Å².